The lowest BCUT2D eigenvalue weighted by Crippen LogP contribution is -2.58. The number of hydrogen-bond donors (Lipinski definition) is 0. The first-order valence-electron chi connectivity index (χ1n) is 7.99. The second-order valence-electron chi connectivity index (χ2n) is 7.60. The van der Waals surface area contributed by atoms with Crippen LogP contribution in [0.2, 0.25) is 0 Å². The number of nitrogens with zero attached hydrogens (tertiary/aromatic N) is 2. The molecule has 3 fully saturated rings. The molecule has 0 N–H and O–H groups in total. The summed E-state index contributed by atoms with van der Waals surface area (Å²) in [7, 11) is 0. The highest BCUT2D eigenvalue weighted by Gasteiger charge is 2.59. The van der Waals surface area contributed by atoms with Crippen molar-refractivity contribution in [2.45, 2.75) is 49.8 Å². The molecule has 2 nitrogen and oxygen atoms in total. The molecule has 3 atom stereocenters. The molecule has 0 aliphatic heterocycles. The maximum Gasteiger partial charge on any atom is 0.124 e. The Labute approximate surface area is 134 Å². The Kier molecular flexibility index (Phi) is 3.06. The first-order chi connectivity index (χ1) is 10.4. The van der Waals surface area contributed by atoms with Crippen molar-refractivity contribution in [1.82, 2.24) is 9.97 Å². The molecule has 3 aliphatic rings. The van der Waals surface area contributed by atoms with Gasteiger partial charge in [-0.2, -0.15) is 0 Å². The van der Waals surface area contributed by atoms with Gasteiger partial charge in [0.2, 0.25) is 0 Å². The van der Waals surface area contributed by atoms with Crippen molar-refractivity contribution in [2.24, 2.45) is 17.3 Å². The summed E-state index contributed by atoms with van der Waals surface area (Å²) in [4.78, 5) is 8.74. The summed E-state index contributed by atoms with van der Waals surface area (Å²) in [6.07, 6.45) is 5.44. The van der Waals surface area contributed by atoms with Gasteiger partial charge in [-0.25, -0.2) is 14.4 Å². The van der Waals surface area contributed by atoms with Gasteiger partial charge in [-0.1, -0.05) is 25.6 Å². The molecule has 0 amide bonds. The zero-order valence-corrected chi connectivity index (χ0v) is 14.1. The lowest BCUT2D eigenvalue weighted by Gasteiger charge is -2.64. The van der Waals surface area contributed by atoms with Crippen LogP contribution < -0.4 is 0 Å². The van der Waals surface area contributed by atoms with Crippen LogP contribution in [0, 0.1) is 23.1 Å². The maximum absolute atomic E-state index is 13.6. The van der Waals surface area contributed by atoms with Gasteiger partial charge < -0.3 is 0 Å². The topological polar surface area (TPSA) is 25.8 Å². The number of aromatic nitrogens is 2. The van der Waals surface area contributed by atoms with Crippen LogP contribution in [0.4, 0.5) is 4.39 Å². The van der Waals surface area contributed by atoms with Crippen molar-refractivity contribution in [2.75, 3.05) is 0 Å². The second-order valence-corrected chi connectivity index (χ2v) is 9.12. The molecule has 2 bridgehead atoms. The minimum Gasteiger partial charge on any atom is -0.236 e. The van der Waals surface area contributed by atoms with Crippen LogP contribution in [0.3, 0.4) is 0 Å². The minimum atomic E-state index is -0.220. The molecular formula is C18H21FN2S. The van der Waals surface area contributed by atoms with Crippen molar-refractivity contribution in [3.8, 4) is 0 Å². The summed E-state index contributed by atoms with van der Waals surface area (Å²) in [6, 6.07) is 4.77. The standard InChI is InChI=1S/C18H21FN2S/c1-17(2)11-6-7-18(3,15(17)8-11)22-16-13-9-12(19)4-5-14(13)20-10-21-16/h4-5,9-11,15H,6-8H2,1-3H3. The van der Waals surface area contributed by atoms with Crippen LogP contribution in [0.15, 0.2) is 29.6 Å². The minimum absolute atomic E-state index is 0.186. The summed E-state index contributed by atoms with van der Waals surface area (Å²) in [5, 5.41) is 1.76. The SMILES string of the molecule is CC1(Sc2ncnc3ccc(F)cc23)CCC2CC1C2(C)C. The van der Waals surface area contributed by atoms with Crippen LogP contribution in [-0.4, -0.2) is 14.7 Å². The smallest absolute Gasteiger partial charge is 0.124 e. The lowest BCUT2D eigenvalue weighted by atomic mass is 9.45. The Hall–Kier alpha value is -1.16. The molecule has 0 radical (unpaired) electrons. The number of rotatable bonds is 2. The fourth-order valence-electron chi connectivity index (χ4n) is 4.61. The Morgan fingerprint density at radius 1 is 1.23 bits per heavy atom. The number of benzene rings is 1. The third-order valence-corrected chi connectivity index (χ3v) is 7.56. The zero-order valence-electron chi connectivity index (χ0n) is 13.3. The van der Waals surface area contributed by atoms with Gasteiger partial charge in [0.05, 0.1) is 5.52 Å². The predicted octanol–water partition coefficient (Wildman–Crippen LogP) is 5.08. The van der Waals surface area contributed by atoms with Gasteiger partial charge in [0.25, 0.3) is 0 Å². The molecule has 22 heavy (non-hydrogen) atoms. The number of thioether (sulfide) groups is 1. The van der Waals surface area contributed by atoms with Crippen molar-refractivity contribution < 1.29 is 4.39 Å². The molecule has 4 heteroatoms. The molecule has 0 spiro atoms. The Bertz CT molecular complexity index is 743. The van der Waals surface area contributed by atoms with E-state index in [0.29, 0.717) is 11.3 Å². The molecule has 3 unspecified atom stereocenters. The Morgan fingerprint density at radius 2 is 2.05 bits per heavy atom. The molecule has 116 valence electrons. The molecule has 0 saturated heterocycles. The molecule has 3 aliphatic carbocycles. The summed E-state index contributed by atoms with van der Waals surface area (Å²) < 4.78 is 13.8. The third kappa shape index (κ3) is 1.99. The van der Waals surface area contributed by atoms with Gasteiger partial charge in [0.15, 0.2) is 0 Å². The summed E-state index contributed by atoms with van der Waals surface area (Å²) in [6.45, 7) is 7.18. The van der Waals surface area contributed by atoms with Gasteiger partial charge in [-0.3, -0.25) is 0 Å². The molecule has 5 rings (SSSR count). The van der Waals surface area contributed by atoms with E-state index in [9.17, 15) is 4.39 Å². The van der Waals surface area contributed by atoms with E-state index in [1.165, 1.54) is 25.3 Å². The second kappa shape index (κ2) is 4.67. The van der Waals surface area contributed by atoms with E-state index in [1.807, 2.05) is 11.8 Å². The van der Waals surface area contributed by atoms with E-state index in [1.54, 1.807) is 18.5 Å². The van der Waals surface area contributed by atoms with Gasteiger partial charge in [0, 0.05) is 10.1 Å². The molecular weight excluding hydrogens is 295 g/mol. The average molecular weight is 316 g/mol. The largest absolute Gasteiger partial charge is 0.236 e. The van der Waals surface area contributed by atoms with E-state index in [2.05, 4.69) is 30.7 Å². The lowest BCUT2D eigenvalue weighted by molar-refractivity contribution is -0.0851. The van der Waals surface area contributed by atoms with Crippen LogP contribution >= 0.6 is 11.8 Å². The molecule has 1 aromatic heterocycles. The molecule has 2 aromatic rings. The van der Waals surface area contributed by atoms with Gasteiger partial charge in [-0.05, 0) is 61.6 Å². The molecule has 3 saturated carbocycles. The van der Waals surface area contributed by atoms with E-state index >= 15 is 0 Å². The monoisotopic (exact) mass is 316 g/mol. The van der Waals surface area contributed by atoms with Crippen LogP contribution in [0.25, 0.3) is 10.9 Å². The molecule has 1 heterocycles. The summed E-state index contributed by atoms with van der Waals surface area (Å²) >= 11 is 1.84. The average Bonchev–Trinajstić information content (AvgIpc) is 2.47. The van der Waals surface area contributed by atoms with E-state index in [0.717, 1.165) is 21.8 Å². The number of hydrogen-bond acceptors (Lipinski definition) is 3. The van der Waals surface area contributed by atoms with Crippen molar-refractivity contribution in [3.63, 3.8) is 0 Å². The van der Waals surface area contributed by atoms with Crippen molar-refractivity contribution in [3.05, 3.63) is 30.3 Å². The van der Waals surface area contributed by atoms with Gasteiger partial charge in [-0.15, -0.1) is 0 Å². The van der Waals surface area contributed by atoms with E-state index in [4.69, 9.17) is 0 Å². The quantitative estimate of drug-likeness (QED) is 0.723. The summed E-state index contributed by atoms with van der Waals surface area (Å²) in [5.74, 6) is 1.37. The van der Waals surface area contributed by atoms with Crippen molar-refractivity contribution in [1.29, 1.82) is 0 Å². The first-order valence-corrected chi connectivity index (χ1v) is 8.81. The Balaban J connectivity index is 1.73. The fraction of sp³-hybridized carbons (Fsp3) is 0.556. The van der Waals surface area contributed by atoms with Crippen molar-refractivity contribution >= 4 is 22.7 Å². The van der Waals surface area contributed by atoms with Gasteiger partial charge >= 0.3 is 0 Å². The predicted molar refractivity (Wildman–Crippen MR) is 88.4 cm³/mol. The highest BCUT2D eigenvalue weighted by molar-refractivity contribution is 8.00. The van der Waals surface area contributed by atoms with E-state index < -0.39 is 0 Å². The van der Waals surface area contributed by atoms with Crippen LogP contribution in [-0.2, 0) is 0 Å². The normalized spacial score (nSPS) is 32.7. The Morgan fingerprint density at radius 3 is 2.77 bits per heavy atom. The van der Waals surface area contributed by atoms with Gasteiger partial charge in [0.1, 0.15) is 17.2 Å². The summed E-state index contributed by atoms with van der Waals surface area (Å²) in [5.41, 5.74) is 1.25. The molecule has 1 aromatic carbocycles. The number of fused-ring (bicyclic) bond motifs is 3. The fourth-order valence-corrected chi connectivity index (χ4v) is 6.18. The van der Waals surface area contributed by atoms with E-state index in [-0.39, 0.29) is 10.6 Å². The highest BCUT2D eigenvalue weighted by Crippen LogP contribution is 2.67. The maximum atomic E-state index is 13.6. The highest BCUT2D eigenvalue weighted by atomic mass is 32.2. The third-order valence-electron chi connectivity index (χ3n) is 6.09. The van der Waals surface area contributed by atoms with Crippen LogP contribution in [0.5, 0.6) is 0 Å². The zero-order chi connectivity index (χ0) is 15.5. The first kappa shape index (κ1) is 14.4. The van der Waals surface area contributed by atoms with Crippen LogP contribution in [0.1, 0.15) is 40.0 Å². The number of halogens is 1.